The molecule has 0 fully saturated rings. The molecule has 0 amide bonds. The van der Waals surface area contributed by atoms with E-state index in [9.17, 15) is 0 Å². The first kappa shape index (κ1) is 9.03. The Labute approximate surface area is 78.6 Å². The van der Waals surface area contributed by atoms with E-state index in [0.717, 1.165) is 3.79 Å². The zero-order valence-corrected chi connectivity index (χ0v) is 8.65. The topological polar surface area (TPSA) is 23.5 Å². The van der Waals surface area contributed by atoms with Crippen molar-refractivity contribution in [1.29, 1.82) is 0 Å². The van der Waals surface area contributed by atoms with Crippen molar-refractivity contribution in [2.75, 3.05) is 25.1 Å². The molecule has 1 aromatic rings. The molecule has 1 rings (SSSR count). The Balaban J connectivity index is 2.60. The lowest BCUT2D eigenvalue weighted by Gasteiger charge is -2.14. The summed E-state index contributed by atoms with van der Waals surface area (Å²) in [6, 6.07) is 4.04. The van der Waals surface area contributed by atoms with Crippen LogP contribution in [0.15, 0.2) is 15.9 Å². The van der Waals surface area contributed by atoms with Gasteiger partial charge < -0.3 is 10.0 Å². The second-order valence-electron chi connectivity index (χ2n) is 2.22. The van der Waals surface area contributed by atoms with Crippen LogP contribution in [0.25, 0.3) is 0 Å². The molecular formula is C7H10BrNOS. The number of aliphatic hydroxyl groups is 1. The van der Waals surface area contributed by atoms with Gasteiger partial charge in [0.2, 0.25) is 0 Å². The molecule has 0 bridgehead atoms. The summed E-state index contributed by atoms with van der Waals surface area (Å²) in [5, 5.41) is 9.83. The van der Waals surface area contributed by atoms with Crippen LogP contribution < -0.4 is 4.90 Å². The van der Waals surface area contributed by atoms with Crippen LogP contribution in [0.5, 0.6) is 0 Å². The molecule has 1 aromatic heterocycles. The van der Waals surface area contributed by atoms with E-state index in [1.54, 1.807) is 11.3 Å². The van der Waals surface area contributed by atoms with E-state index < -0.39 is 0 Å². The molecule has 0 spiro atoms. The summed E-state index contributed by atoms with van der Waals surface area (Å²) in [7, 11) is 1.97. The van der Waals surface area contributed by atoms with Gasteiger partial charge in [0.05, 0.1) is 15.4 Å². The minimum Gasteiger partial charge on any atom is -0.395 e. The third-order valence-electron chi connectivity index (χ3n) is 1.37. The third-order valence-corrected chi connectivity index (χ3v) is 3.11. The Hall–Kier alpha value is -0.0600. The predicted molar refractivity (Wildman–Crippen MR) is 52.4 cm³/mol. The van der Waals surface area contributed by atoms with Gasteiger partial charge in [-0.25, -0.2) is 0 Å². The van der Waals surface area contributed by atoms with Crippen LogP contribution in [0, 0.1) is 0 Å². The number of rotatable bonds is 3. The highest BCUT2D eigenvalue weighted by atomic mass is 79.9. The van der Waals surface area contributed by atoms with E-state index in [2.05, 4.69) is 15.9 Å². The highest BCUT2D eigenvalue weighted by Gasteiger charge is 2.01. The first-order valence-electron chi connectivity index (χ1n) is 3.31. The minimum absolute atomic E-state index is 0.200. The lowest BCUT2D eigenvalue weighted by atomic mass is 10.5. The fourth-order valence-electron chi connectivity index (χ4n) is 0.770. The van der Waals surface area contributed by atoms with Crippen LogP contribution >= 0.6 is 27.3 Å². The average molecular weight is 236 g/mol. The summed E-state index contributed by atoms with van der Waals surface area (Å²) in [5.41, 5.74) is 0. The number of halogens is 1. The van der Waals surface area contributed by atoms with Gasteiger partial charge in [0.25, 0.3) is 0 Å². The molecule has 62 valence electrons. The fourth-order valence-corrected chi connectivity index (χ4v) is 2.12. The number of hydrogen-bond acceptors (Lipinski definition) is 3. The van der Waals surface area contributed by atoms with Crippen molar-refractivity contribution >= 4 is 32.3 Å². The maximum atomic E-state index is 8.66. The zero-order chi connectivity index (χ0) is 8.27. The zero-order valence-electron chi connectivity index (χ0n) is 6.25. The fraction of sp³-hybridized carbons (Fsp3) is 0.429. The first-order chi connectivity index (χ1) is 5.24. The van der Waals surface area contributed by atoms with Gasteiger partial charge in [0, 0.05) is 13.6 Å². The Bertz CT molecular complexity index is 226. The summed E-state index contributed by atoms with van der Waals surface area (Å²) in [4.78, 5) is 2.02. The van der Waals surface area contributed by atoms with Gasteiger partial charge in [-0.3, -0.25) is 0 Å². The van der Waals surface area contributed by atoms with Crippen molar-refractivity contribution in [3.8, 4) is 0 Å². The molecule has 0 aliphatic carbocycles. The van der Waals surface area contributed by atoms with E-state index >= 15 is 0 Å². The monoisotopic (exact) mass is 235 g/mol. The average Bonchev–Trinajstić information content (AvgIpc) is 2.36. The maximum absolute atomic E-state index is 8.66. The predicted octanol–water partition coefficient (Wildman–Crippen LogP) is 1.94. The molecule has 0 aromatic carbocycles. The molecule has 0 unspecified atom stereocenters. The number of likely N-dealkylation sites (N-methyl/N-ethyl adjacent to an activating group) is 1. The van der Waals surface area contributed by atoms with E-state index in [1.807, 2.05) is 24.1 Å². The molecule has 11 heavy (non-hydrogen) atoms. The van der Waals surface area contributed by atoms with Crippen molar-refractivity contribution in [1.82, 2.24) is 0 Å². The van der Waals surface area contributed by atoms with E-state index in [0.29, 0.717) is 6.54 Å². The van der Waals surface area contributed by atoms with Crippen molar-refractivity contribution in [3.63, 3.8) is 0 Å². The second-order valence-corrected chi connectivity index (χ2v) is 4.66. The molecule has 1 N–H and O–H groups in total. The van der Waals surface area contributed by atoms with Crippen molar-refractivity contribution < 1.29 is 5.11 Å². The molecule has 1 heterocycles. The van der Waals surface area contributed by atoms with Crippen LogP contribution in [0.2, 0.25) is 0 Å². The first-order valence-corrected chi connectivity index (χ1v) is 4.92. The number of hydrogen-bond donors (Lipinski definition) is 1. The van der Waals surface area contributed by atoms with Crippen molar-refractivity contribution in [2.24, 2.45) is 0 Å². The number of aliphatic hydroxyl groups excluding tert-OH is 1. The SMILES string of the molecule is CN(CCO)c1ccc(Br)s1. The Morgan fingerprint density at radius 2 is 2.36 bits per heavy atom. The maximum Gasteiger partial charge on any atom is 0.0918 e. The van der Waals surface area contributed by atoms with Crippen LogP contribution in [0.1, 0.15) is 0 Å². The van der Waals surface area contributed by atoms with Gasteiger partial charge in [0.15, 0.2) is 0 Å². The largest absolute Gasteiger partial charge is 0.395 e. The molecule has 4 heteroatoms. The summed E-state index contributed by atoms with van der Waals surface area (Å²) in [6.45, 7) is 0.888. The molecule has 0 saturated heterocycles. The van der Waals surface area contributed by atoms with Crippen molar-refractivity contribution in [3.05, 3.63) is 15.9 Å². The lowest BCUT2D eigenvalue weighted by Crippen LogP contribution is -2.19. The molecule has 2 nitrogen and oxygen atoms in total. The molecule has 0 radical (unpaired) electrons. The highest BCUT2D eigenvalue weighted by molar-refractivity contribution is 9.11. The Morgan fingerprint density at radius 3 is 2.82 bits per heavy atom. The molecule has 0 aliphatic rings. The molecule has 0 aliphatic heterocycles. The molecule has 0 atom stereocenters. The van der Waals surface area contributed by atoms with Gasteiger partial charge in [-0.05, 0) is 28.1 Å². The quantitative estimate of drug-likeness (QED) is 0.866. The van der Waals surface area contributed by atoms with Crippen LogP contribution in [0.4, 0.5) is 5.00 Å². The molecular weight excluding hydrogens is 226 g/mol. The summed E-state index contributed by atoms with van der Waals surface area (Å²) in [5.74, 6) is 0. The van der Waals surface area contributed by atoms with Gasteiger partial charge >= 0.3 is 0 Å². The number of anilines is 1. The van der Waals surface area contributed by atoms with E-state index in [-0.39, 0.29) is 6.61 Å². The van der Waals surface area contributed by atoms with Crippen LogP contribution in [-0.4, -0.2) is 25.3 Å². The van der Waals surface area contributed by atoms with Gasteiger partial charge in [0.1, 0.15) is 0 Å². The van der Waals surface area contributed by atoms with Crippen LogP contribution in [0.3, 0.4) is 0 Å². The number of nitrogens with zero attached hydrogens (tertiary/aromatic N) is 1. The van der Waals surface area contributed by atoms with E-state index in [4.69, 9.17) is 5.11 Å². The normalized spacial score (nSPS) is 10.1. The summed E-state index contributed by atoms with van der Waals surface area (Å²) >= 11 is 5.05. The third kappa shape index (κ3) is 2.47. The summed E-state index contributed by atoms with van der Waals surface area (Å²) in [6.07, 6.45) is 0. The Morgan fingerprint density at radius 1 is 1.64 bits per heavy atom. The minimum atomic E-state index is 0.200. The standard InChI is InChI=1S/C7H10BrNOS/c1-9(4-5-10)7-3-2-6(8)11-7/h2-3,10H,4-5H2,1H3. The second kappa shape index (κ2) is 4.09. The smallest absolute Gasteiger partial charge is 0.0918 e. The van der Waals surface area contributed by atoms with Gasteiger partial charge in [-0.15, -0.1) is 11.3 Å². The lowest BCUT2D eigenvalue weighted by molar-refractivity contribution is 0.304. The highest BCUT2D eigenvalue weighted by Crippen LogP contribution is 2.28. The number of thiophene rings is 1. The van der Waals surface area contributed by atoms with Crippen LogP contribution in [-0.2, 0) is 0 Å². The van der Waals surface area contributed by atoms with Gasteiger partial charge in [-0.2, -0.15) is 0 Å². The van der Waals surface area contributed by atoms with Crippen molar-refractivity contribution in [2.45, 2.75) is 0 Å². The van der Waals surface area contributed by atoms with E-state index in [1.165, 1.54) is 5.00 Å². The Kier molecular flexibility index (Phi) is 3.36. The van der Waals surface area contributed by atoms with Gasteiger partial charge in [-0.1, -0.05) is 0 Å². The summed E-state index contributed by atoms with van der Waals surface area (Å²) < 4.78 is 1.12. The molecule has 0 saturated carbocycles.